The van der Waals surface area contributed by atoms with Crippen LogP contribution in [0.15, 0.2) is 78.2 Å². The molecule has 4 rings (SSSR count). The molecule has 40 heavy (non-hydrogen) atoms. The molecule has 0 bridgehead atoms. The Hall–Kier alpha value is -4.09. The number of alkyl halides is 3. The minimum absolute atomic E-state index is 0.212. The van der Waals surface area contributed by atoms with Crippen LogP contribution in [0.1, 0.15) is 16.7 Å². The van der Waals surface area contributed by atoms with Crippen molar-refractivity contribution in [2.75, 3.05) is 20.3 Å². The first-order valence-corrected chi connectivity index (χ1v) is 12.5. The van der Waals surface area contributed by atoms with Gasteiger partial charge in [-0.25, -0.2) is 9.78 Å². The summed E-state index contributed by atoms with van der Waals surface area (Å²) >= 11 is 6.76. The summed E-state index contributed by atoms with van der Waals surface area (Å²) < 4.78 is 49.4. The topological polar surface area (TPSA) is 95.2 Å². The molecule has 0 aliphatic heterocycles. The summed E-state index contributed by atoms with van der Waals surface area (Å²) in [7, 11) is 1.46. The monoisotopic (exact) mass is 575 g/mol. The molecule has 0 spiro atoms. The number of oxime groups is 1. The molecule has 0 saturated heterocycles. The van der Waals surface area contributed by atoms with Gasteiger partial charge in [0, 0.05) is 35.3 Å². The molecule has 0 aliphatic rings. The Bertz CT molecular complexity index is 1470. The predicted octanol–water partition coefficient (Wildman–Crippen LogP) is 5.74. The minimum Gasteiger partial charge on any atom is -0.492 e. The van der Waals surface area contributed by atoms with E-state index in [-0.39, 0.29) is 13.0 Å². The highest BCUT2D eigenvalue weighted by atomic mass is 35.5. The van der Waals surface area contributed by atoms with Crippen molar-refractivity contribution >= 4 is 34.3 Å². The van der Waals surface area contributed by atoms with Gasteiger partial charge in [-0.1, -0.05) is 59.2 Å². The van der Waals surface area contributed by atoms with Gasteiger partial charge in [0.05, 0.1) is 11.6 Å². The van der Waals surface area contributed by atoms with E-state index in [4.69, 9.17) is 26.3 Å². The fourth-order valence-electron chi connectivity index (χ4n) is 4.01. The van der Waals surface area contributed by atoms with Gasteiger partial charge in [-0.05, 0) is 23.8 Å². The van der Waals surface area contributed by atoms with Crippen molar-refractivity contribution in [3.05, 3.63) is 94.8 Å². The van der Waals surface area contributed by atoms with Crippen LogP contribution in [-0.4, -0.2) is 58.9 Å². The van der Waals surface area contributed by atoms with E-state index in [0.717, 1.165) is 10.9 Å². The van der Waals surface area contributed by atoms with Crippen molar-refractivity contribution in [3.63, 3.8) is 0 Å². The van der Waals surface area contributed by atoms with Crippen LogP contribution in [0.2, 0.25) is 5.02 Å². The lowest BCUT2D eigenvalue weighted by molar-refractivity contribution is -0.192. The molecule has 0 fully saturated rings. The third kappa shape index (κ3) is 7.30. The van der Waals surface area contributed by atoms with Crippen molar-refractivity contribution in [2.45, 2.75) is 25.2 Å². The van der Waals surface area contributed by atoms with E-state index in [1.54, 1.807) is 30.5 Å². The number of nitrogens with zero attached hydrogens (tertiary/aromatic N) is 3. The first kappa shape index (κ1) is 28.9. The number of benzene rings is 2. The molecule has 0 amide bonds. The molecule has 2 aromatic carbocycles. The van der Waals surface area contributed by atoms with Gasteiger partial charge in [-0.2, -0.15) is 13.2 Å². The molecule has 0 aliphatic carbocycles. The molecular weight excluding hydrogens is 551 g/mol. The van der Waals surface area contributed by atoms with Gasteiger partial charge in [0.2, 0.25) is 0 Å². The van der Waals surface area contributed by atoms with Gasteiger partial charge in [-0.15, -0.1) is 0 Å². The largest absolute Gasteiger partial charge is 0.492 e. The molecule has 1 unspecified atom stereocenters. The van der Waals surface area contributed by atoms with Crippen LogP contribution >= 0.6 is 11.6 Å². The standard InChI is InChI=1S/C28H25ClF3N3O5/c1-38-34-25(19-5-3-2-4-6-19)22-16-33-26-21(24(22)29)11-12-35(26)13-14-39-20-9-7-18(8-10-20)15-23(27(36)37)40-17-28(30,31)32/h2-12,16,23H,13-15,17H2,1H3,(H,36,37)/b34-25+. The summed E-state index contributed by atoms with van der Waals surface area (Å²) in [6.45, 7) is -0.884. The molecule has 210 valence electrons. The Morgan fingerprint density at radius 2 is 1.85 bits per heavy atom. The SMILES string of the molecule is CO/N=C(\c1ccccc1)c1cnc2c(ccn2CCOc2ccc(CC(OCC(F)(F)F)C(=O)O)cc2)c1Cl. The average molecular weight is 576 g/mol. The number of hydrogen-bond donors (Lipinski definition) is 1. The third-order valence-electron chi connectivity index (χ3n) is 5.88. The number of pyridine rings is 1. The van der Waals surface area contributed by atoms with Gasteiger partial charge >= 0.3 is 12.1 Å². The number of hydrogen-bond acceptors (Lipinski definition) is 6. The summed E-state index contributed by atoms with van der Waals surface area (Å²) in [4.78, 5) is 20.9. The fraction of sp³-hybridized carbons (Fsp3) is 0.250. The lowest BCUT2D eigenvalue weighted by atomic mass is 10.0. The highest BCUT2D eigenvalue weighted by molar-refractivity contribution is 6.39. The maximum absolute atomic E-state index is 12.4. The zero-order valence-corrected chi connectivity index (χ0v) is 22.0. The molecule has 1 N–H and O–H groups in total. The number of halogens is 4. The van der Waals surface area contributed by atoms with Gasteiger partial charge in [0.15, 0.2) is 6.10 Å². The summed E-state index contributed by atoms with van der Waals surface area (Å²) in [5, 5.41) is 14.5. The van der Waals surface area contributed by atoms with Crippen LogP contribution in [0.5, 0.6) is 5.75 Å². The first-order valence-electron chi connectivity index (χ1n) is 12.1. The second-order valence-corrected chi connectivity index (χ2v) is 9.05. The van der Waals surface area contributed by atoms with Crippen LogP contribution < -0.4 is 4.74 Å². The van der Waals surface area contributed by atoms with Crippen LogP contribution in [0.4, 0.5) is 13.2 Å². The predicted molar refractivity (Wildman–Crippen MR) is 143 cm³/mol. The Morgan fingerprint density at radius 1 is 1.12 bits per heavy atom. The Kier molecular flexibility index (Phi) is 9.28. The van der Waals surface area contributed by atoms with Crippen molar-refractivity contribution in [3.8, 4) is 5.75 Å². The second kappa shape index (κ2) is 12.8. The molecule has 12 heteroatoms. The van der Waals surface area contributed by atoms with E-state index in [0.29, 0.717) is 39.8 Å². The number of ether oxygens (including phenoxy) is 2. The molecule has 4 aromatic rings. The lowest BCUT2D eigenvalue weighted by Crippen LogP contribution is -2.31. The van der Waals surface area contributed by atoms with Crippen LogP contribution in [-0.2, 0) is 27.3 Å². The van der Waals surface area contributed by atoms with E-state index >= 15 is 0 Å². The molecule has 8 nitrogen and oxygen atoms in total. The Balaban J connectivity index is 1.39. The van der Waals surface area contributed by atoms with E-state index in [9.17, 15) is 18.0 Å². The minimum atomic E-state index is -4.61. The van der Waals surface area contributed by atoms with E-state index in [1.807, 2.05) is 47.2 Å². The molecule has 2 heterocycles. The Morgan fingerprint density at radius 3 is 2.50 bits per heavy atom. The zero-order valence-electron chi connectivity index (χ0n) is 21.3. The number of aliphatic carboxylic acids is 1. The van der Waals surface area contributed by atoms with Gasteiger partial charge < -0.3 is 24.0 Å². The third-order valence-corrected chi connectivity index (χ3v) is 6.28. The Labute approximate surface area is 232 Å². The summed E-state index contributed by atoms with van der Waals surface area (Å²) in [6, 6.07) is 17.8. The fourth-order valence-corrected chi connectivity index (χ4v) is 4.29. The number of aromatic nitrogens is 2. The number of rotatable bonds is 12. The molecule has 0 saturated carbocycles. The molecule has 0 radical (unpaired) electrons. The average Bonchev–Trinajstić information content (AvgIpc) is 3.34. The number of fused-ring (bicyclic) bond motifs is 1. The van der Waals surface area contributed by atoms with Crippen LogP contribution in [0.25, 0.3) is 11.0 Å². The van der Waals surface area contributed by atoms with Crippen molar-refractivity contribution in [1.82, 2.24) is 9.55 Å². The van der Waals surface area contributed by atoms with Crippen LogP contribution in [0, 0.1) is 0 Å². The van der Waals surface area contributed by atoms with Gasteiger partial charge in [0.25, 0.3) is 0 Å². The van der Waals surface area contributed by atoms with Crippen molar-refractivity contribution < 1.29 is 37.4 Å². The van der Waals surface area contributed by atoms with Crippen molar-refractivity contribution in [1.29, 1.82) is 0 Å². The van der Waals surface area contributed by atoms with E-state index in [1.165, 1.54) is 7.11 Å². The molecule has 2 aromatic heterocycles. The smallest absolute Gasteiger partial charge is 0.411 e. The summed E-state index contributed by atoms with van der Waals surface area (Å²) in [5.74, 6) is -0.952. The van der Waals surface area contributed by atoms with E-state index < -0.39 is 24.9 Å². The van der Waals surface area contributed by atoms with Crippen molar-refractivity contribution in [2.24, 2.45) is 5.16 Å². The first-order chi connectivity index (χ1) is 19.2. The number of carboxylic acids is 1. The molecular formula is C28H25ClF3N3O5. The highest BCUT2D eigenvalue weighted by Crippen LogP contribution is 2.29. The quantitative estimate of drug-likeness (QED) is 0.171. The normalized spacial score (nSPS) is 12.9. The maximum Gasteiger partial charge on any atom is 0.411 e. The summed E-state index contributed by atoms with van der Waals surface area (Å²) in [6.07, 6.45) is -2.93. The summed E-state index contributed by atoms with van der Waals surface area (Å²) in [5.41, 5.74) is 3.18. The molecule has 1 atom stereocenters. The van der Waals surface area contributed by atoms with Gasteiger partial charge in [-0.3, -0.25) is 0 Å². The lowest BCUT2D eigenvalue weighted by Gasteiger charge is -2.15. The van der Waals surface area contributed by atoms with Gasteiger partial charge in [0.1, 0.15) is 37.4 Å². The second-order valence-electron chi connectivity index (χ2n) is 8.67. The number of carbonyl (C=O) groups is 1. The highest BCUT2D eigenvalue weighted by Gasteiger charge is 2.31. The van der Waals surface area contributed by atoms with Crippen LogP contribution in [0.3, 0.4) is 0 Å². The number of carboxylic acid groups (broad SMARTS) is 1. The maximum atomic E-state index is 12.4. The zero-order chi connectivity index (χ0) is 28.7. The van der Waals surface area contributed by atoms with E-state index in [2.05, 4.69) is 14.9 Å².